The molecule has 0 aliphatic rings. The van der Waals surface area contributed by atoms with Crippen molar-refractivity contribution in [3.05, 3.63) is 94.0 Å². The zero-order chi connectivity index (χ0) is 24.0. The van der Waals surface area contributed by atoms with Gasteiger partial charge in [-0.3, -0.25) is 9.59 Å². The normalized spacial score (nSPS) is 12.0. The summed E-state index contributed by atoms with van der Waals surface area (Å²) in [5.41, 5.74) is 3.06. The number of halogens is 1. The Morgan fingerprint density at radius 1 is 0.970 bits per heavy atom. The average molecular weight is 509 g/mol. The molecule has 3 aromatic carbocycles. The van der Waals surface area contributed by atoms with Gasteiger partial charge in [0.1, 0.15) is 5.75 Å². The van der Waals surface area contributed by atoms with Gasteiger partial charge in [-0.15, -0.1) is 0 Å². The molecule has 0 aliphatic heterocycles. The highest BCUT2D eigenvalue weighted by Gasteiger charge is 2.20. The number of hydrogen-bond donors (Lipinski definition) is 2. The van der Waals surface area contributed by atoms with Crippen LogP contribution in [0, 0.1) is 0 Å². The lowest BCUT2D eigenvalue weighted by Crippen LogP contribution is -2.26. The second-order valence-electron chi connectivity index (χ2n) is 8.91. The number of carbonyl (C=O) groups is 2. The minimum atomic E-state index is -0.271. The predicted octanol–water partition coefficient (Wildman–Crippen LogP) is 6.26. The van der Waals surface area contributed by atoms with Gasteiger partial charge in [0.15, 0.2) is 6.61 Å². The number of amides is 2. The van der Waals surface area contributed by atoms with Crippen LogP contribution in [0.4, 0.5) is 5.69 Å². The largest absolute Gasteiger partial charge is 0.483 e. The standard InChI is InChI=1S/C27H29BrN2O3/c1-18(19-8-6-5-7-9-19)29-26(32)20-10-13-22(14-11-20)30-25(31)17-33-24-15-12-21(28)16-23(24)27(2,3)4/h5-16,18H,17H2,1-4H3,(H,29,32)(H,30,31). The van der Waals surface area contributed by atoms with E-state index in [9.17, 15) is 9.59 Å². The topological polar surface area (TPSA) is 67.4 Å². The van der Waals surface area contributed by atoms with Crippen molar-refractivity contribution in [2.75, 3.05) is 11.9 Å². The van der Waals surface area contributed by atoms with Crippen molar-refractivity contribution in [1.29, 1.82) is 0 Å². The van der Waals surface area contributed by atoms with Crippen LogP contribution in [0.2, 0.25) is 0 Å². The monoisotopic (exact) mass is 508 g/mol. The third-order valence-corrected chi connectivity index (χ3v) is 5.68. The van der Waals surface area contributed by atoms with Gasteiger partial charge in [0.2, 0.25) is 0 Å². The molecule has 0 fully saturated rings. The SMILES string of the molecule is CC(NC(=O)c1ccc(NC(=O)COc2ccc(Br)cc2C(C)(C)C)cc1)c1ccccc1. The van der Waals surface area contributed by atoms with E-state index in [0.717, 1.165) is 15.6 Å². The van der Waals surface area contributed by atoms with Crippen LogP contribution >= 0.6 is 15.9 Å². The molecule has 1 atom stereocenters. The minimum absolute atomic E-state index is 0.105. The summed E-state index contributed by atoms with van der Waals surface area (Å²) >= 11 is 3.49. The highest BCUT2D eigenvalue weighted by Crippen LogP contribution is 2.33. The zero-order valence-electron chi connectivity index (χ0n) is 19.3. The second-order valence-corrected chi connectivity index (χ2v) is 9.83. The zero-order valence-corrected chi connectivity index (χ0v) is 20.9. The summed E-state index contributed by atoms with van der Waals surface area (Å²) in [7, 11) is 0. The van der Waals surface area contributed by atoms with Crippen LogP contribution in [0.1, 0.15) is 55.2 Å². The van der Waals surface area contributed by atoms with E-state index in [1.807, 2.05) is 55.5 Å². The quantitative estimate of drug-likeness (QED) is 0.396. The molecule has 2 amide bonds. The molecular formula is C27H29BrN2O3. The van der Waals surface area contributed by atoms with Crippen molar-refractivity contribution in [1.82, 2.24) is 5.32 Å². The van der Waals surface area contributed by atoms with Crippen LogP contribution in [0.25, 0.3) is 0 Å². The van der Waals surface area contributed by atoms with E-state index in [-0.39, 0.29) is 29.9 Å². The molecule has 0 saturated carbocycles. The van der Waals surface area contributed by atoms with E-state index in [1.165, 1.54) is 0 Å². The van der Waals surface area contributed by atoms with Crippen molar-refractivity contribution >= 4 is 33.4 Å². The molecule has 0 bridgehead atoms. The molecule has 0 aromatic heterocycles. The third kappa shape index (κ3) is 6.93. The fourth-order valence-electron chi connectivity index (χ4n) is 3.36. The molecule has 0 aliphatic carbocycles. The van der Waals surface area contributed by atoms with E-state index >= 15 is 0 Å². The summed E-state index contributed by atoms with van der Waals surface area (Å²) in [4.78, 5) is 24.9. The summed E-state index contributed by atoms with van der Waals surface area (Å²) in [6.07, 6.45) is 0. The van der Waals surface area contributed by atoms with Crippen LogP contribution in [-0.2, 0) is 10.2 Å². The van der Waals surface area contributed by atoms with Gasteiger partial charge in [-0.05, 0) is 60.4 Å². The van der Waals surface area contributed by atoms with Gasteiger partial charge >= 0.3 is 0 Å². The summed E-state index contributed by atoms with van der Waals surface area (Å²) < 4.78 is 6.77. The number of anilines is 1. The minimum Gasteiger partial charge on any atom is -0.483 e. The van der Waals surface area contributed by atoms with Gasteiger partial charge in [0.25, 0.3) is 11.8 Å². The lowest BCUT2D eigenvalue weighted by Gasteiger charge is -2.23. The molecule has 6 heteroatoms. The Morgan fingerprint density at radius 2 is 1.64 bits per heavy atom. The van der Waals surface area contributed by atoms with E-state index in [2.05, 4.69) is 47.3 Å². The molecule has 33 heavy (non-hydrogen) atoms. The van der Waals surface area contributed by atoms with Crippen LogP contribution in [-0.4, -0.2) is 18.4 Å². The van der Waals surface area contributed by atoms with Crippen molar-refractivity contribution in [3.8, 4) is 5.75 Å². The predicted molar refractivity (Wildman–Crippen MR) is 136 cm³/mol. The maximum atomic E-state index is 12.5. The van der Waals surface area contributed by atoms with E-state index in [0.29, 0.717) is 17.0 Å². The van der Waals surface area contributed by atoms with Crippen LogP contribution in [0.5, 0.6) is 5.75 Å². The Bertz CT molecular complexity index is 1110. The van der Waals surface area contributed by atoms with Crippen LogP contribution in [0.3, 0.4) is 0 Å². The van der Waals surface area contributed by atoms with Crippen molar-refractivity contribution in [3.63, 3.8) is 0 Å². The van der Waals surface area contributed by atoms with Gasteiger partial charge in [-0.1, -0.05) is 67.0 Å². The molecule has 0 saturated heterocycles. The molecule has 5 nitrogen and oxygen atoms in total. The molecule has 2 N–H and O–H groups in total. The molecular weight excluding hydrogens is 480 g/mol. The summed E-state index contributed by atoms with van der Waals surface area (Å²) in [6, 6.07) is 22.2. The highest BCUT2D eigenvalue weighted by molar-refractivity contribution is 9.10. The van der Waals surface area contributed by atoms with Crippen molar-refractivity contribution in [2.24, 2.45) is 0 Å². The first kappa shape index (κ1) is 24.5. The summed E-state index contributed by atoms with van der Waals surface area (Å²) in [5.74, 6) is 0.241. The first-order valence-electron chi connectivity index (χ1n) is 10.8. The number of ether oxygens (including phenoxy) is 1. The Kier molecular flexibility index (Phi) is 7.92. The van der Waals surface area contributed by atoms with E-state index < -0.39 is 0 Å². The Hall–Kier alpha value is -3.12. The smallest absolute Gasteiger partial charge is 0.262 e. The first-order valence-corrected chi connectivity index (χ1v) is 11.6. The maximum absolute atomic E-state index is 12.5. The van der Waals surface area contributed by atoms with Gasteiger partial charge in [-0.25, -0.2) is 0 Å². The van der Waals surface area contributed by atoms with E-state index in [4.69, 9.17) is 4.74 Å². The van der Waals surface area contributed by atoms with Gasteiger partial charge in [0, 0.05) is 21.3 Å². The molecule has 3 rings (SSSR count). The first-order chi connectivity index (χ1) is 15.6. The number of hydrogen-bond acceptors (Lipinski definition) is 3. The van der Waals surface area contributed by atoms with Gasteiger partial charge in [-0.2, -0.15) is 0 Å². The lowest BCUT2D eigenvalue weighted by atomic mass is 9.86. The van der Waals surface area contributed by atoms with Crippen molar-refractivity contribution < 1.29 is 14.3 Å². The number of carbonyl (C=O) groups excluding carboxylic acids is 2. The average Bonchev–Trinajstić information content (AvgIpc) is 2.78. The van der Waals surface area contributed by atoms with Crippen LogP contribution in [0.15, 0.2) is 77.3 Å². The van der Waals surface area contributed by atoms with Gasteiger partial charge < -0.3 is 15.4 Å². The molecule has 172 valence electrons. The van der Waals surface area contributed by atoms with Crippen molar-refractivity contribution in [2.45, 2.75) is 39.2 Å². The highest BCUT2D eigenvalue weighted by atomic mass is 79.9. The lowest BCUT2D eigenvalue weighted by molar-refractivity contribution is -0.118. The van der Waals surface area contributed by atoms with E-state index in [1.54, 1.807) is 24.3 Å². The van der Waals surface area contributed by atoms with Crippen LogP contribution < -0.4 is 15.4 Å². The Labute approximate surface area is 203 Å². The summed E-state index contributed by atoms with van der Waals surface area (Å²) in [5, 5.41) is 5.79. The maximum Gasteiger partial charge on any atom is 0.262 e. The fraction of sp³-hybridized carbons (Fsp3) is 0.259. The third-order valence-electron chi connectivity index (χ3n) is 5.19. The second kappa shape index (κ2) is 10.7. The summed E-state index contributed by atoms with van der Waals surface area (Å²) in [6.45, 7) is 8.12. The molecule has 0 radical (unpaired) electrons. The number of nitrogens with one attached hydrogen (secondary N) is 2. The molecule has 1 unspecified atom stereocenters. The Balaban J connectivity index is 1.56. The molecule has 0 heterocycles. The Morgan fingerprint density at radius 3 is 2.27 bits per heavy atom. The van der Waals surface area contributed by atoms with Gasteiger partial charge in [0.05, 0.1) is 6.04 Å². The number of benzene rings is 3. The molecule has 3 aromatic rings. The number of rotatable bonds is 7. The molecule has 0 spiro atoms. The fourth-order valence-corrected chi connectivity index (χ4v) is 3.73.